The number of sulfonamides is 1. The lowest BCUT2D eigenvalue weighted by molar-refractivity contribution is -0.132. The summed E-state index contributed by atoms with van der Waals surface area (Å²) in [6.07, 6.45) is 4.25. The maximum atomic E-state index is 12.2. The summed E-state index contributed by atoms with van der Waals surface area (Å²) in [7, 11) is -6.80. The zero-order valence-corrected chi connectivity index (χ0v) is 13.8. The smallest absolute Gasteiger partial charge is 0.237 e. The van der Waals surface area contributed by atoms with Gasteiger partial charge in [-0.15, -0.1) is 0 Å². The average molecular weight is 338 g/mol. The van der Waals surface area contributed by atoms with Crippen LogP contribution in [0, 0.1) is 0 Å². The van der Waals surface area contributed by atoms with E-state index in [-0.39, 0.29) is 30.4 Å². The number of carbonyl (C=O) groups excluding carboxylic acids is 1. The van der Waals surface area contributed by atoms with Crippen molar-refractivity contribution in [1.29, 1.82) is 0 Å². The van der Waals surface area contributed by atoms with Crippen LogP contribution in [0.1, 0.15) is 25.7 Å². The molecule has 1 atom stereocenters. The largest absolute Gasteiger partial charge is 0.342 e. The van der Waals surface area contributed by atoms with E-state index in [0.29, 0.717) is 13.1 Å². The number of piperidine rings is 1. The van der Waals surface area contributed by atoms with Gasteiger partial charge in [0, 0.05) is 19.1 Å². The highest BCUT2D eigenvalue weighted by molar-refractivity contribution is 7.92. The summed E-state index contributed by atoms with van der Waals surface area (Å²) in [4.78, 5) is 13.9. The second kappa shape index (κ2) is 6.21. The first kappa shape index (κ1) is 16.7. The topological polar surface area (TPSA) is 91.8 Å². The van der Waals surface area contributed by atoms with Crippen LogP contribution in [-0.4, -0.2) is 75.4 Å². The summed E-state index contributed by atoms with van der Waals surface area (Å²) in [6, 6.07) is -0.612. The van der Waals surface area contributed by atoms with E-state index in [1.807, 2.05) is 0 Å². The van der Waals surface area contributed by atoms with Gasteiger partial charge in [-0.1, -0.05) is 0 Å². The van der Waals surface area contributed by atoms with Crippen LogP contribution in [0.3, 0.4) is 0 Å². The van der Waals surface area contributed by atoms with Gasteiger partial charge in [0.15, 0.2) is 9.84 Å². The molecule has 0 saturated carbocycles. The number of hydrogen-bond donors (Lipinski definition) is 0. The standard InChI is InChI=1S/C12H22N2O5S2/c1-20(16,17)14(11-5-8-21(18,19)10-11)9-12(15)13-6-3-2-4-7-13/h11H,2-10H2,1H3. The molecule has 1 amide bonds. The van der Waals surface area contributed by atoms with Crippen LogP contribution in [0.5, 0.6) is 0 Å². The number of nitrogens with zero attached hydrogens (tertiary/aromatic N) is 2. The molecule has 0 aliphatic carbocycles. The van der Waals surface area contributed by atoms with Crippen molar-refractivity contribution in [3.8, 4) is 0 Å². The minimum absolute atomic E-state index is 0.0123. The molecule has 2 heterocycles. The van der Waals surface area contributed by atoms with Crippen molar-refractivity contribution in [2.24, 2.45) is 0 Å². The second-order valence-corrected chi connectivity index (χ2v) is 9.97. The van der Waals surface area contributed by atoms with Crippen molar-refractivity contribution >= 4 is 25.8 Å². The van der Waals surface area contributed by atoms with E-state index >= 15 is 0 Å². The molecule has 0 aromatic heterocycles. The highest BCUT2D eigenvalue weighted by Crippen LogP contribution is 2.20. The van der Waals surface area contributed by atoms with Crippen molar-refractivity contribution in [3.63, 3.8) is 0 Å². The molecule has 0 aromatic carbocycles. The molecular weight excluding hydrogens is 316 g/mol. The number of rotatable bonds is 4. The van der Waals surface area contributed by atoms with Crippen LogP contribution in [0.4, 0.5) is 0 Å². The number of likely N-dealkylation sites (tertiary alicyclic amines) is 1. The fourth-order valence-electron chi connectivity index (χ4n) is 2.90. The molecule has 21 heavy (non-hydrogen) atoms. The quantitative estimate of drug-likeness (QED) is 0.686. The summed E-state index contributed by atoms with van der Waals surface area (Å²) < 4.78 is 48.0. The predicted octanol–water partition coefficient (Wildman–Crippen LogP) is -0.552. The Morgan fingerprint density at radius 2 is 1.86 bits per heavy atom. The Bertz CT molecular complexity index is 593. The van der Waals surface area contributed by atoms with Crippen LogP contribution in [0.25, 0.3) is 0 Å². The maximum absolute atomic E-state index is 12.2. The second-order valence-electron chi connectivity index (χ2n) is 5.81. The monoisotopic (exact) mass is 338 g/mol. The molecule has 0 spiro atoms. The Balaban J connectivity index is 2.09. The van der Waals surface area contributed by atoms with Gasteiger partial charge in [0.2, 0.25) is 15.9 Å². The molecule has 2 rings (SSSR count). The van der Waals surface area contributed by atoms with Crippen molar-refractivity contribution in [2.75, 3.05) is 37.4 Å². The van der Waals surface area contributed by atoms with Crippen molar-refractivity contribution in [3.05, 3.63) is 0 Å². The molecule has 0 N–H and O–H groups in total. The van der Waals surface area contributed by atoms with Gasteiger partial charge in [-0.25, -0.2) is 16.8 Å². The van der Waals surface area contributed by atoms with E-state index in [2.05, 4.69) is 0 Å². The van der Waals surface area contributed by atoms with Gasteiger partial charge >= 0.3 is 0 Å². The summed E-state index contributed by atoms with van der Waals surface area (Å²) in [6.45, 7) is 1.05. The van der Waals surface area contributed by atoms with Crippen LogP contribution in [0.2, 0.25) is 0 Å². The molecule has 0 radical (unpaired) electrons. The van der Waals surface area contributed by atoms with Crippen molar-refractivity contribution in [2.45, 2.75) is 31.7 Å². The lowest BCUT2D eigenvalue weighted by Crippen LogP contribution is -2.48. The highest BCUT2D eigenvalue weighted by Gasteiger charge is 2.38. The van der Waals surface area contributed by atoms with E-state index in [4.69, 9.17) is 0 Å². The molecule has 7 nitrogen and oxygen atoms in total. The van der Waals surface area contributed by atoms with Crippen LogP contribution < -0.4 is 0 Å². The Kier molecular flexibility index (Phi) is 4.94. The third-order valence-electron chi connectivity index (χ3n) is 4.04. The molecule has 0 aromatic rings. The van der Waals surface area contributed by atoms with E-state index in [9.17, 15) is 21.6 Å². The molecule has 2 saturated heterocycles. The maximum Gasteiger partial charge on any atom is 0.237 e. The Morgan fingerprint density at radius 3 is 2.33 bits per heavy atom. The predicted molar refractivity (Wildman–Crippen MR) is 79.0 cm³/mol. The molecule has 9 heteroatoms. The summed E-state index contributed by atoms with van der Waals surface area (Å²) >= 11 is 0. The van der Waals surface area contributed by atoms with E-state index in [1.54, 1.807) is 4.90 Å². The molecule has 2 aliphatic rings. The van der Waals surface area contributed by atoms with Gasteiger partial charge in [0.1, 0.15) is 0 Å². The number of carbonyl (C=O) groups is 1. The van der Waals surface area contributed by atoms with E-state index in [1.165, 1.54) is 0 Å². The fourth-order valence-corrected chi connectivity index (χ4v) is 5.79. The highest BCUT2D eigenvalue weighted by atomic mass is 32.2. The first-order chi connectivity index (χ1) is 9.69. The average Bonchev–Trinajstić information content (AvgIpc) is 2.75. The molecule has 1 unspecified atom stereocenters. The molecule has 0 bridgehead atoms. The van der Waals surface area contributed by atoms with Crippen molar-refractivity contribution in [1.82, 2.24) is 9.21 Å². The molecule has 2 fully saturated rings. The summed E-state index contributed by atoms with van der Waals surface area (Å²) in [5.74, 6) is -0.431. The van der Waals surface area contributed by atoms with Gasteiger partial charge < -0.3 is 4.90 Å². The first-order valence-corrected chi connectivity index (χ1v) is 10.8. The first-order valence-electron chi connectivity index (χ1n) is 7.14. The Hall–Kier alpha value is -0.670. The normalized spacial score (nSPS) is 26.2. The summed E-state index contributed by atoms with van der Waals surface area (Å²) in [5, 5.41) is 0. The fraction of sp³-hybridized carbons (Fsp3) is 0.917. The third kappa shape index (κ3) is 4.40. The van der Waals surface area contributed by atoms with Crippen LogP contribution >= 0.6 is 0 Å². The molecule has 122 valence electrons. The minimum Gasteiger partial charge on any atom is -0.342 e. The zero-order valence-electron chi connectivity index (χ0n) is 12.2. The lowest BCUT2D eigenvalue weighted by Gasteiger charge is -2.31. The third-order valence-corrected chi connectivity index (χ3v) is 7.07. The van der Waals surface area contributed by atoms with E-state index < -0.39 is 25.9 Å². The number of amides is 1. The van der Waals surface area contributed by atoms with Gasteiger partial charge in [0.05, 0.1) is 24.3 Å². The van der Waals surface area contributed by atoms with Crippen LogP contribution in [0.15, 0.2) is 0 Å². The SMILES string of the molecule is CS(=O)(=O)N(CC(=O)N1CCCCC1)C1CCS(=O)(=O)C1. The van der Waals surface area contributed by atoms with Gasteiger partial charge in [-0.05, 0) is 25.7 Å². The number of sulfone groups is 1. The van der Waals surface area contributed by atoms with Gasteiger partial charge in [-0.2, -0.15) is 4.31 Å². The van der Waals surface area contributed by atoms with Gasteiger partial charge in [0.25, 0.3) is 0 Å². The van der Waals surface area contributed by atoms with Crippen LogP contribution in [-0.2, 0) is 24.7 Å². The Morgan fingerprint density at radius 1 is 1.24 bits per heavy atom. The van der Waals surface area contributed by atoms with Crippen molar-refractivity contribution < 1.29 is 21.6 Å². The zero-order chi connectivity index (χ0) is 15.7. The lowest BCUT2D eigenvalue weighted by atomic mass is 10.1. The summed E-state index contributed by atoms with van der Waals surface area (Å²) in [5.41, 5.74) is 0. The molecular formula is C12H22N2O5S2. The Labute approximate surface area is 126 Å². The van der Waals surface area contributed by atoms with Gasteiger partial charge in [-0.3, -0.25) is 4.79 Å². The van der Waals surface area contributed by atoms with E-state index in [0.717, 1.165) is 29.8 Å². The number of hydrogen-bond acceptors (Lipinski definition) is 5. The molecule has 2 aliphatic heterocycles. The minimum atomic E-state index is -3.61.